The fraction of sp³-hybridized carbons (Fsp3) is 0. The monoisotopic (exact) mass is 134 g/mol. The average Bonchev–Trinajstić information content (AvgIpc) is 1.81. The van der Waals surface area contributed by atoms with Crippen molar-refractivity contribution in [1.82, 2.24) is 0 Å². The van der Waals surface area contributed by atoms with Crippen LogP contribution in [0.5, 0.6) is 0 Å². The summed E-state index contributed by atoms with van der Waals surface area (Å²) in [6.07, 6.45) is 8.05. The van der Waals surface area contributed by atoms with Crippen LogP contribution in [0.4, 0.5) is 0 Å². The molecule has 0 saturated heterocycles. The van der Waals surface area contributed by atoms with E-state index >= 15 is 0 Å². The molecule has 38 valence electrons. The Hall–Kier alpha value is 0.285. The molecule has 0 nitrogen and oxygen atoms in total. The Balaban J connectivity index is 3.35. The van der Waals surface area contributed by atoms with E-state index in [-0.39, 0.29) is 0 Å². The van der Waals surface area contributed by atoms with Crippen LogP contribution in [0.3, 0.4) is 0 Å². The molecule has 8 heavy (non-hydrogen) atoms. The number of hydrogen-bond acceptors (Lipinski definition) is 0. The summed E-state index contributed by atoms with van der Waals surface area (Å²) in [6, 6.07) is 0. The lowest BCUT2D eigenvalue weighted by Gasteiger charge is -1.68. The molecule has 0 bridgehead atoms. The van der Waals surface area contributed by atoms with Crippen LogP contribution in [0.1, 0.15) is 0 Å². The van der Waals surface area contributed by atoms with Gasteiger partial charge in [-0.25, -0.2) is 0 Å². The van der Waals surface area contributed by atoms with Gasteiger partial charge in [-0.2, -0.15) is 9.88 Å². The van der Waals surface area contributed by atoms with Gasteiger partial charge >= 0.3 is 0 Å². The Morgan fingerprint density at radius 3 is 1.25 bits per heavy atom. The lowest BCUT2D eigenvalue weighted by atomic mass is 10.5. The second-order valence-electron chi connectivity index (χ2n) is 1.24. The van der Waals surface area contributed by atoms with Gasteiger partial charge in [0.1, 0.15) is 0 Å². The van der Waals surface area contributed by atoms with Crippen molar-refractivity contribution in [2.45, 2.75) is 0 Å². The molecule has 2 heteroatoms. The topological polar surface area (TPSA) is 0 Å². The zero-order chi connectivity index (χ0) is 6.24. The fourth-order valence-corrected chi connectivity index (χ4v) is 0.600. The van der Waals surface area contributed by atoms with Gasteiger partial charge in [-0.3, -0.25) is 0 Å². The van der Waals surface area contributed by atoms with E-state index in [2.05, 4.69) is 0 Å². The molecule has 0 aromatic carbocycles. The second kappa shape index (κ2) is 7.28. The van der Waals surface area contributed by atoms with Gasteiger partial charge in [0.05, 0.1) is 0 Å². The van der Waals surface area contributed by atoms with Crippen molar-refractivity contribution in [2.24, 2.45) is 0 Å². The van der Waals surface area contributed by atoms with E-state index in [9.17, 15) is 0 Å². The lowest BCUT2D eigenvalue weighted by molar-refractivity contribution is 1.95. The molecule has 0 fully saturated rings. The average molecular weight is 134 g/mol. The van der Waals surface area contributed by atoms with Gasteiger partial charge in [-0.1, -0.05) is 24.3 Å². The normalized spacial score (nSPS) is 12.5. The Kier molecular flexibility index (Phi) is 7.54. The quantitative estimate of drug-likeness (QED) is 0.378. The first-order chi connectivity index (χ1) is 3.91. The van der Waals surface area contributed by atoms with Crippen molar-refractivity contribution in [1.29, 1.82) is 0 Å². The minimum atomic E-state index is 1.83. The van der Waals surface area contributed by atoms with Gasteiger partial charge in [0.2, 0.25) is 32.6 Å². The molecule has 0 N–H and O–H groups in total. The van der Waals surface area contributed by atoms with Crippen LogP contribution in [0, 0.1) is 0 Å². The van der Waals surface area contributed by atoms with Crippen molar-refractivity contribution in [3.63, 3.8) is 0 Å². The highest BCUT2D eigenvalue weighted by atomic mass is 27.0. The van der Waals surface area contributed by atoms with Crippen molar-refractivity contribution in [3.05, 3.63) is 34.2 Å². The standard InChI is InChI=1S/C6H6.2Al.2H/c1-3-5-6-4-2;;;;/h1-6H;;;;/b3-1?,4-2?,6-5-;;;;. The van der Waals surface area contributed by atoms with Crippen LogP contribution in [-0.2, 0) is 0 Å². The fourth-order valence-electron chi connectivity index (χ4n) is 0.285. The van der Waals surface area contributed by atoms with Gasteiger partial charge in [0.25, 0.3) is 0 Å². The molecule has 0 spiro atoms. The van der Waals surface area contributed by atoms with E-state index < -0.39 is 0 Å². The Morgan fingerprint density at radius 1 is 0.625 bits per heavy atom. The van der Waals surface area contributed by atoms with Crippen LogP contribution in [0.2, 0.25) is 0 Å². The van der Waals surface area contributed by atoms with Crippen LogP contribution < -0.4 is 0 Å². The van der Waals surface area contributed by atoms with E-state index in [1.807, 2.05) is 66.8 Å². The predicted octanol–water partition coefficient (Wildman–Crippen LogP) is 0.372. The van der Waals surface area contributed by atoms with E-state index in [1.54, 1.807) is 0 Å². The summed E-state index contributed by atoms with van der Waals surface area (Å²) in [5, 5.41) is 0. The maximum absolute atomic E-state index is 2.03. The highest BCUT2D eigenvalue weighted by Gasteiger charge is 1.55. The summed E-state index contributed by atoms with van der Waals surface area (Å²) >= 11 is 3.66. The molecule has 0 unspecified atom stereocenters. The molecule has 0 aliphatic carbocycles. The van der Waals surface area contributed by atoms with Crippen molar-refractivity contribution in [3.8, 4) is 0 Å². The molecule has 0 aliphatic heterocycles. The van der Waals surface area contributed by atoms with Crippen LogP contribution in [0.15, 0.2) is 34.2 Å². The van der Waals surface area contributed by atoms with Crippen molar-refractivity contribution in [2.75, 3.05) is 0 Å². The molecule has 0 amide bonds. The lowest BCUT2D eigenvalue weighted by Crippen LogP contribution is -1.51. The number of hydrogen-bond donors (Lipinski definition) is 0. The van der Waals surface area contributed by atoms with Gasteiger partial charge in [0, 0.05) is 0 Å². The van der Waals surface area contributed by atoms with Gasteiger partial charge < -0.3 is 0 Å². The summed E-state index contributed by atoms with van der Waals surface area (Å²) in [5.41, 5.74) is 0. The van der Waals surface area contributed by atoms with Gasteiger partial charge in [-0.05, 0) is 0 Å². The third-order valence-electron chi connectivity index (χ3n) is 0.605. The summed E-state index contributed by atoms with van der Waals surface area (Å²) in [4.78, 5) is 4.06. The zero-order valence-electron chi connectivity index (χ0n) is 4.88. The van der Waals surface area contributed by atoms with E-state index in [0.717, 1.165) is 0 Å². The number of allylic oxidation sites excluding steroid dienone is 4. The molecule has 0 saturated carbocycles. The molecule has 0 aromatic heterocycles. The van der Waals surface area contributed by atoms with E-state index in [4.69, 9.17) is 0 Å². The Bertz CT molecular complexity index is 97.7. The zero-order valence-corrected chi connectivity index (χ0v) is 7.71. The third kappa shape index (κ3) is 6.28. The Morgan fingerprint density at radius 2 is 1.00 bits per heavy atom. The minimum Gasteiger partial charge on any atom is -0.162 e. The molecule has 0 rings (SSSR count). The first kappa shape index (κ1) is 8.28. The van der Waals surface area contributed by atoms with Crippen molar-refractivity contribution < 1.29 is 0 Å². The SMILES string of the molecule is [AlH]\[CH]=C/C=C\C=[CH]/[AlH]. The molecule has 2 radical (unpaired) electrons. The molecule has 0 heterocycles. The van der Waals surface area contributed by atoms with Crippen LogP contribution in [0.25, 0.3) is 0 Å². The highest BCUT2D eigenvalue weighted by molar-refractivity contribution is 6.17. The molecular weight excluding hydrogens is 126 g/mol. The van der Waals surface area contributed by atoms with Gasteiger partial charge in [0.15, 0.2) is 0 Å². The third-order valence-corrected chi connectivity index (χ3v) is 1.15. The summed E-state index contributed by atoms with van der Waals surface area (Å²) in [6.45, 7) is 0. The minimum absolute atomic E-state index is 1.83. The number of rotatable bonds is 2. The van der Waals surface area contributed by atoms with Crippen LogP contribution in [-0.4, -0.2) is 32.6 Å². The first-order valence-corrected chi connectivity index (χ1v) is 4.12. The summed E-state index contributed by atoms with van der Waals surface area (Å²) < 4.78 is 0. The molecular formula is C6H8Al2. The van der Waals surface area contributed by atoms with E-state index in [1.165, 1.54) is 0 Å². The summed E-state index contributed by atoms with van der Waals surface area (Å²) in [7, 11) is 0. The molecule has 0 aromatic rings. The maximum atomic E-state index is 2.03. The maximum Gasteiger partial charge on any atom is 0.210 e. The first-order valence-electron chi connectivity index (χ1n) is 2.48. The predicted molar refractivity (Wildman–Crippen MR) is 41.7 cm³/mol. The second-order valence-corrected chi connectivity index (χ2v) is 2.18. The molecule has 0 atom stereocenters. The van der Waals surface area contributed by atoms with E-state index in [0.29, 0.717) is 0 Å². The smallest absolute Gasteiger partial charge is 0.162 e. The Labute approximate surface area is 66.8 Å². The highest BCUT2D eigenvalue weighted by Crippen LogP contribution is 1.75. The van der Waals surface area contributed by atoms with Gasteiger partial charge in [-0.15, -0.1) is 0 Å². The largest absolute Gasteiger partial charge is 0.210 e. The molecule has 0 aliphatic rings. The summed E-state index contributed by atoms with van der Waals surface area (Å²) in [5.74, 6) is 0. The van der Waals surface area contributed by atoms with Crippen LogP contribution >= 0.6 is 0 Å². The van der Waals surface area contributed by atoms with Crippen molar-refractivity contribution >= 4 is 32.6 Å².